The summed E-state index contributed by atoms with van der Waals surface area (Å²) in [5.41, 5.74) is 3.45. The maximum absolute atomic E-state index is 5.26. The van der Waals surface area contributed by atoms with Crippen LogP contribution in [-0.4, -0.2) is 31.9 Å². The first-order chi connectivity index (χ1) is 6.45. The molecule has 0 bridgehead atoms. The topological polar surface area (TPSA) is 46.0 Å². The van der Waals surface area contributed by atoms with Crippen LogP contribution in [-0.2, 0) is 4.74 Å². The lowest BCUT2D eigenvalue weighted by Gasteiger charge is -2.25. The Labute approximate surface area is 75.7 Å². The van der Waals surface area contributed by atoms with E-state index >= 15 is 0 Å². The van der Waals surface area contributed by atoms with Gasteiger partial charge in [-0.3, -0.25) is 9.98 Å². The number of dihydropyridines is 1. The van der Waals surface area contributed by atoms with Gasteiger partial charge in [-0.05, 0) is 6.08 Å². The summed E-state index contributed by atoms with van der Waals surface area (Å²) in [6.45, 7) is 1.23. The fraction of sp³-hybridized carbons (Fsp3) is 0.333. The molecule has 1 atom stereocenters. The zero-order chi connectivity index (χ0) is 8.67. The van der Waals surface area contributed by atoms with Gasteiger partial charge in [0, 0.05) is 23.6 Å². The van der Waals surface area contributed by atoms with Crippen molar-refractivity contribution in [2.45, 2.75) is 6.17 Å². The smallest absolute Gasteiger partial charge is 0.167 e. The SMILES string of the molecule is C1=NC2N=CC3=C(NCOC3)C2=C1. The standard InChI is InChI=1S/C9H9N3O/c1-2-10-9-7(1)8-6(3-11-9)4-13-5-12-8/h1-3,9,12H,4-5H2. The lowest BCUT2D eigenvalue weighted by molar-refractivity contribution is 0.133. The molecule has 0 aromatic rings. The van der Waals surface area contributed by atoms with Crippen LogP contribution in [0.1, 0.15) is 0 Å². The first kappa shape index (κ1) is 7.03. The van der Waals surface area contributed by atoms with Gasteiger partial charge in [0.25, 0.3) is 0 Å². The van der Waals surface area contributed by atoms with Crippen LogP contribution in [0.2, 0.25) is 0 Å². The molecule has 0 saturated heterocycles. The van der Waals surface area contributed by atoms with E-state index < -0.39 is 0 Å². The van der Waals surface area contributed by atoms with Crippen LogP contribution in [0, 0.1) is 0 Å². The zero-order valence-corrected chi connectivity index (χ0v) is 7.03. The zero-order valence-electron chi connectivity index (χ0n) is 7.03. The highest BCUT2D eigenvalue weighted by molar-refractivity contribution is 5.88. The summed E-state index contributed by atoms with van der Waals surface area (Å²) < 4.78 is 5.26. The second kappa shape index (κ2) is 2.53. The van der Waals surface area contributed by atoms with E-state index in [0.717, 1.165) is 11.3 Å². The molecular weight excluding hydrogens is 166 g/mol. The predicted octanol–water partition coefficient (Wildman–Crippen LogP) is 0.239. The minimum atomic E-state index is -0.00986. The molecule has 0 aromatic carbocycles. The lowest BCUT2D eigenvalue weighted by Crippen LogP contribution is -2.32. The van der Waals surface area contributed by atoms with Crippen LogP contribution in [0.4, 0.5) is 0 Å². The van der Waals surface area contributed by atoms with Gasteiger partial charge in [0.05, 0.1) is 12.3 Å². The molecule has 66 valence electrons. The first-order valence-electron chi connectivity index (χ1n) is 4.27. The van der Waals surface area contributed by atoms with Gasteiger partial charge in [-0.15, -0.1) is 0 Å². The van der Waals surface area contributed by atoms with Crippen molar-refractivity contribution in [1.82, 2.24) is 5.32 Å². The minimum absolute atomic E-state index is 0.00986. The molecular formula is C9H9N3O. The number of hydrogen-bond donors (Lipinski definition) is 1. The molecule has 0 fully saturated rings. The Hall–Kier alpha value is -1.42. The van der Waals surface area contributed by atoms with Gasteiger partial charge in [0.2, 0.25) is 0 Å². The maximum atomic E-state index is 5.26. The molecule has 0 amide bonds. The Bertz CT molecular complexity index is 365. The first-order valence-corrected chi connectivity index (χ1v) is 4.27. The number of nitrogens with one attached hydrogen (secondary N) is 1. The third-order valence-corrected chi connectivity index (χ3v) is 2.35. The van der Waals surface area contributed by atoms with E-state index in [9.17, 15) is 0 Å². The van der Waals surface area contributed by atoms with Crippen LogP contribution >= 0.6 is 0 Å². The summed E-state index contributed by atoms with van der Waals surface area (Å²) in [6, 6.07) is 0. The van der Waals surface area contributed by atoms with E-state index in [1.54, 1.807) is 0 Å². The number of aliphatic imine (C=N–C) groups is 2. The van der Waals surface area contributed by atoms with Crippen molar-refractivity contribution in [1.29, 1.82) is 0 Å². The third-order valence-electron chi connectivity index (χ3n) is 2.35. The number of fused-ring (bicyclic) bond motifs is 2. The Morgan fingerprint density at radius 3 is 3.46 bits per heavy atom. The monoisotopic (exact) mass is 175 g/mol. The second-order valence-electron chi connectivity index (χ2n) is 3.14. The van der Waals surface area contributed by atoms with Gasteiger partial charge >= 0.3 is 0 Å². The van der Waals surface area contributed by atoms with Crippen molar-refractivity contribution in [3.63, 3.8) is 0 Å². The molecule has 3 aliphatic heterocycles. The minimum Gasteiger partial charge on any atom is -0.362 e. The number of allylic oxidation sites excluding steroid dienone is 1. The van der Waals surface area contributed by atoms with Crippen LogP contribution < -0.4 is 5.32 Å². The van der Waals surface area contributed by atoms with Gasteiger partial charge in [-0.1, -0.05) is 0 Å². The second-order valence-corrected chi connectivity index (χ2v) is 3.14. The normalized spacial score (nSPS) is 29.5. The summed E-state index contributed by atoms with van der Waals surface area (Å²) in [6.07, 6.45) is 5.66. The Morgan fingerprint density at radius 1 is 1.46 bits per heavy atom. The molecule has 0 aliphatic carbocycles. The van der Waals surface area contributed by atoms with E-state index in [2.05, 4.69) is 15.3 Å². The highest BCUT2D eigenvalue weighted by Gasteiger charge is 2.26. The van der Waals surface area contributed by atoms with E-state index in [1.807, 2.05) is 18.5 Å². The Balaban J connectivity index is 2.07. The van der Waals surface area contributed by atoms with E-state index in [-0.39, 0.29) is 6.17 Å². The van der Waals surface area contributed by atoms with Crippen molar-refractivity contribution in [2.75, 3.05) is 13.3 Å². The maximum Gasteiger partial charge on any atom is 0.167 e. The lowest BCUT2D eigenvalue weighted by atomic mass is 10.0. The Morgan fingerprint density at radius 2 is 2.46 bits per heavy atom. The van der Waals surface area contributed by atoms with E-state index in [1.165, 1.54) is 5.57 Å². The van der Waals surface area contributed by atoms with Crippen molar-refractivity contribution in [2.24, 2.45) is 9.98 Å². The summed E-state index contributed by atoms with van der Waals surface area (Å²) >= 11 is 0. The van der Waals surface area contributed by atoms with Crippen molar-refractivity contribution in [3.8, 4) is 0 Å². The average Bonchev–Trinajstić information content (AvgIpc) is 2.65. The molecule has 1 N–H and O–H groups in total. The fourth-order valence-corrected chi connectivity index (χ4v) is 1.72. The quantitative estimate of drug-likeness (QED) is 0.573. The molecule has 3 aliphatic rings. The van der Waals surface area contributed by atoms with Crippen LogP contribution in [0.25, 0.3) is 0 Å². The third kappa shape index (κ3) is 0.954. The molecule has 13 heavy (non-hydrogen) atoms. The fourth-order valence-electron chi connectivity index (χ4n) is 1.72. The van der Waals surface area contributed by atoms with Crippen LogP contribution in [0.15, 0.2) is 32.9 Å². The van der Waals surface area contributed by atoms with E-state index in [0.29, 0.717) is 13.3 Å². The van der Waals surface area contributed by atoms with Crippen LogP contribution in [0.3, 0.4) is 0 Å². The molecule has 4 nitrogen and oxygen atoms in total. The van der Waals surface area contributed by atoms with Crippen molar-refractivity contribution in [3.05, 3.63) is 22.9 Å². The predicted molar refractivity (Wildman–Crippen MR) is 49.8 cm³/mol. The van der Waals surface area contributed by atoms with Gasteiger partial charge < -0.3 is 10.1 Å². The number of nitrogens with zero attached hydrogens (tertiary/aromatic N) is 2. The summed E-state index contributed by atoms with van der Waals surface area (Å²) in [5.74, 6) is 0. The largest absolute Gasteiger partial charge is 0.362 e. The highest BCUT2D eigenvalue weighted by atomic mass is 16.5. The Kier molecular flexibility index (Phi) is 1.37. The van der Waals surface area contributed by atoms with E-state index in [4.69, 9.17) is 4.74 Å². The van der Waals surface area contributed by atoms with Gasteiger partial charge in [0.1, 0.15) is 6.73 Å². The highest BCUT2D eigenvalue weighted by Crippen LogP contribution is 2.26. The number of rotatable bonds is 0. The molecule has 0 saturated carbocycles. The summed E-state index contributed by atoms with van der Waals surface area (Å²) in [5, 5.41) is 3.21. The summed E-state index contributed by atoms with van der Waals surface area (Å²) in [7, 11) is 0. The molecule has 3 rings (SSSR count). The van der Waals surface area contributed by atoms with Gasteiger partial charge in [-0.25, -0.2) is 0 Å². The summed E-state index contributed by atoms with van der Waals surface area (Å²) in [4.78, 5) is 8.52. The van der Waals surface area contributed by atoms with Crippen molar-refractivity contribution < 1.29 is 4.74 Å². The number of ether oxygens (including phenoxy) is 1. The average molecular weight is 175 g/mol. The molecule has 0 aromatic heterocycles. The van der Waals surface area contributed by atoms with Crippen molar-refractivity contribution >= 4 is 12.4 Å². The molecule has 4 heteroatoms. The molecule has 3 heterocycles. The van der Waals surface area contributed by atoms with Crippen LogP contribution in [0.5, 0.6) is 0 Å². The molecule has 0 radical (unpaired) electrons. The molecule has 0 spiro atoms. The van der Waals surface area contributed by atoms with Gasteiger partial charge in [-0.2, -0.15) is 0 Å². The molecule has 1 unspecified atom stereocenters. The van der Waals surface area contributed by atoms with Gasteiger partial charge in [0.15, 0.2) is 6.17 Å². The number of hydrogen-bond acceptors (Lipinski definition) is 4.